The van der Waals surface area contributed by atoms with Crippen molar-refractivity contribution in [2.24, 2.45) is 0 Å². The number of rotatable bonds is 4. The smallest absolute Gasteiger partial charge is 0.251 e. The number of carbonyl (C=O) groups is 1. The normalized spacial score (nSPS) is 10.8. The van der Waals surface area contributed by atoms with Crippen molar-refractivity contribution in [3.05, 3.63) is 46.8 Å². The Balaban J connectivity index is 1.61. The van der Waals surface area contributed by atoms with Gasteiger partial charge in [-0.3, -0.25) is 4.79 Å². The van der Waals surface area contributed by atoms with Crippen LogP contribution in [0.25, 0.3) is 10.2 Å². The van der Waals surface area contributed by atoms with Gasteiger partial charge in [0, 0.05) is 24.6 Å². The molecule has 1 N–H and O–H groups in total. The second-order valence-electron chi connectivity index (χ2n) is 4.48. The Morgan fingerprint density at radius 3 is 3.10 bits per heavy atom. The Labute approximate surface area is 119 Å². The molecule has 0 spiro atoms. The number of fused-ring (bicyclic) bond motifs is 1. The number of amides is 1. The van der Waals surface area contributed by atoms with Crippen molar-refractivity contribution in [1.82, 2.24) is 15.5 Å². The molecule has 3 rings (SSSR count). The number of carbonyl (C=O) groups excluding carboxylic acids is 1. The SMILES string of the molecule is Cc1cc(CCNC(=O)c2ccc3ncsc3c2)on1. The van der Waals surface area contributed by atoms with E-state index >= 15 is 0 Å². The number of hydrogen-bond donors (Lipinski definition) is 1. The van der Waals surface area contributed by atoms with Crippen molar-refractivity contribution in [1.29, 1.82) is 0 Å². The number of benzene rings is 1. The van der Waals surface area contributed by atoms with E-state index in [0.29, 0.717) is 18.5 Å². The monoisotopic (exact) mass is 287 g/mol. The third kappa shape index (κ3) is 2.70. The molecule has 5 nitrogen and oxygen atoms in total. The zero-order chi connectivity index (χ0) is 13.9. The van der Waals surface area contributed by atoms with E-state index in [9.17, 15) is 4.79 Å². The van der Waals surface area contributed by atoms with Gasteiger partial charge in [-0.15, -0.1) is 11.3 Å². The van der Waals surface area contributed by atoms with Gasteiger partial charge in [-0.05, 0) is 25.1 Å². The number of nitrogens with one attached hydrogen (secondary N) is 1. The first-order chi connectivity index (χ1) is 9.72. The average molecular weight is 287 g/mol. The standard InChI is InChI=1S/C14H13N3O2S/c1-9-6-11(19-17-9)4-5-15-14(18)10-2-3-12-13(7-10)20-8-16-12/h2-3,6-8H,4-5H2,1H3,(H,15,18). The van der Waals surface area contributed by atoms with Crippen molar-refractivity contribution in [3.63, 3.8) is 0 Å². The largest absolute Gasteiger partial charge is 0.361 e. The van der Waals surface area contributed by atoms with Crippen LogP contribution in [0.3, 0.4) is 0 Å². The quantitative estimate of drug-likeness (QED) is 0.800. The van der Waals surface area contributed by atoms with E-state index in [2.05, 4.69) is 15.5 Å². The van der Waals surface area contributed by atoms with Gasteiger partial charge in [0.1, 0.15) is 5.76 Å². The molecule has 0 saturated carbocycles. The molecule has 0 aliphatic carbocycles. The van der Waals surface area contributed by atoms with Gasteiger partial charge in [0.2, 0.25) is 0 Å². The van der Waals surface area contributed by atoms with Crippen LogP contribution in [0, 0.1) is 6.92 Å². The van der Waals surface area contributed by atoms with Crippen molar-refractivity contribution < 1.29 is 9.32 Å². The molecule has 20 heavy (non-hydrogen) atoms. The molecule has 102 valence electrons. The summed E-state index contributed by atoms with van der Waals surface area (Å²) < 4.78 is 6.11. The maximum atomic E-state index is 12.0. The molecule has 0 saturated heterocycles. The van der Waals surface area contributed by atoms with Gasteiger partial charge in [-0.25, -0.2) is 4.98 Å². The first-order valence-corrected chi connectivity index (χ1v) is 7.14. The highest BCUT2D eigenvalue weighted by molar-refractivity contribution is 7.16. The molecular formula is C14H13N3O2S. The maximum absolute atomic E-state index is 12.0. The minimum atomic E-state index is -0.0865. The third-order valence-electron chi connectivity index (χ3n) is 2.93. The molecule has 2 heterocycles. The van der Waals surface area contributed by atoms with Crippen LogP contribution >= 0.6 is 11.3 Å². The van der Waals surface area contributed by atoms with Gasteiger partial charge in [0.05, 0.1) is 21.4 Å². The Kier molecular flexibility index (Phi) is 3.47. The number of nitrogens with zero attached hydrogens (tertiary/aromatic N) is 2. The summed E-state index contributed by atoms with van der Waals surface area (Å²) in [5, 5.41) is 6.68. The summed E-state index contributed by atoms with van der Waals surface area (Å²) in [6.45, 7) is 2.39. The summed E-state index contributed by atoms with van der Waals surface area (Å²) in [5.41, 5.74) is 4.19. The molecule has 0 unspecified atom stereocenters. The fraction of sp³-hybridized carbons (Fsp3) is 0.214. The highest BCUT2D eigenvalue weighted by Crippen LogP contribution is 2.18. The van der Waals surface area contributed by atoms with Crippen LogP contribution in [0.5, 0.6) is 0 Å². The zero-order valence-electron chi connectivity index (χ0n) is 10.9. The molecule has 3 aromatic rings. The average Bonchev–Trinajstić information content (AvgIpc) is 3.06. The van der Waals surface area contributed by atoms with Gasteiger partial charge in [0.25, 0.3) is 5.91 Å². The molecule has 0 radical (unpaired) electrons. The molecule has 0 fully saturated rings. The molecule has 1 amide bonds. The lowest BCUT2D eigenvalue weighted by atomic mass is 10.2. The number of aryl methyl sites for hydroxylation is 1. The summed E-state index contributed by atoms with van der Waals surface area (Å²) in [5.74, 6) is 0.692. The Morgan fingerprint density at radius 2 is 2.30 bits per heavy atom. The summed E-state index contributed by atoms with van der Waals surface area (Å²) in [7, 11) is 0. The molecule has 1 aromatic carbocycles. The van der Waals surface area contributed by atoms with E-state index in [0.717, 1.165) is 21.7 Å². The molecular weight excluding hydrogens is 274 g/mol. The van der Waals surface area contributed by atoms with Crippen LogP contribution in [0.15, 0.2) is 34.3 Å². The highest BCUT2D eigenvalue weighted by atomic mass is 32.1. The van der Waals surface area contributed by atoms with Gasteiger partial charge in [0.15, 0.2) is 0 Å². The molecule has 0 atom stereocenters. The van der Waals surface area contributed by atoms with Crippen LogP contribution < -0.4 is 5.32 Å². The van der Waals surface area contributed by atoms with E-state index in [4.69, 9.17) is 4.52 Å². The lowest BCUT2D eigenvalue weighted by molar-refractivity contribution is 0.0953. The van der Waals surface area contributed by atoms with Crippen LogP contribution in [-0.2, 0) is 6.42 Å². The number of thiazole rings is 1. The van der Waals surface area contributed by atoms with Crippen molar-refractivity contribution in [2.45, 2.75) is 13.3 Å². The summed E-state index contributed by atoms with van der Waals surface area (Å²) in [6.07, 6.45) is 0.634. The lowest BCUT2D eigenvalue weighted by Crippen LogP contribution is -2.25. The minimum absolute atomic E-state index is 0.0865. The van der Waals surface area contributed by atoms with Crippen molar-refractivity contribution >= 4 is 27.5 Å². The molecule has 0 aliphatic rings. The second kappa shape index (κ2) is 5.42. The van der Waals surface area contributed by atoms with Crippen molar-refractivity contribution in [3.8, 4) is 0 Å². The Morgan fingerprint density at radius 1 is 1.40 bits per heavy atom. The van der Waals surface area contributed by atoms with E-state index < -0.39 is 0 Å². The molecule has 6 heteroatoms. The summed E-state index contributed by atoms with van der Waals surface area (Å²) >= 11 is 1.53. The van der Waals surface area contributed by atoms with E-state index in [1.807, 2.05) is 25.1 Å². The van der Waals surface area contributed by atoms with Crippen LogP contribution in [0.2, 0.25) is 0 Å². The lowest BCUT2D eigenvalue weighted by Gasteiger charge is -2.03. The Bertz CT molecular complexity index is 748. The molecule has 0 bridgehead atoms. The summed E-state index contributed by atoms with van der Waals surface area (Å²) in [4.78, 5) is 16.2. The van der Waals surface area contributed by atoms with Crippen LogP contribution in [0.1, 0.15) is 21.8 Å². The summed E-state index contributed by atoms with van der Waals surface area (Å²) in [6, 6.07) is 7.38. The van der Waals surface area contributed by atoms with Crippen LogP contribution in [-0.4, -0.2) is 22.6 Å². The minimum Gasteiger partial charge on any atom is -0.361 e. The molecule has 2 aromatic heterocycles. The van der Waals surface area contributed by atoms with Gasteiger partial charge >= 0.3 is 0 Å². The second-order valence-corrected chi connectivity index (χ2v) is 5.36. The highest BCUT2D eigenvalue weighted by Gasteiger charge is 2.08. The first-order valence-electron chi connectivity index (χ1n) is 6.26. The Hall–Kier alpha value is -2.21. The third-order valence-corrected chi connectivity index (χ3v) is 3.72. The topological polar surface area (TPSA) is 68.0 Å². The van der Waals surface area contributed by atoms with E-state index in [1.165, 1.54) is 11.3 Å². The number of hydrogen-bond acceptors (Lipinski definition) is 5. The van der Waals surface area contributed by atoms with Crippen LogP contribution in [0.4, 0.5) is 0 Å². The maximum Gasteiger partial charge on any atom is 0.251 e. The zero-order valence-corrected chi connectivity index (χ0v) is 11.7. The van der Waals surface area contributed by atoms with Gasteiger partial charge in [-0.1, -0.05) is 5.16 Å². The fourth-order valence-electron chi connectivity index (χ4n) is 1.93. The first kappa shape index (κ1) is 12.8. The predicted octanol–water partition coefficient (Wildman–Crippen LogP) is 2.57. The fourth-order valence-corrected chi connectivity index (χ4v) is 2.65. The van der Waals surface area contributed by atoms with E-state index in [-0.39, 0.29) is 5.91 Å². The van der Waals surface area contributed by atoms with Gasteiger partial charge in [-0.2, -0.15) is 0 Å². The predicted molar refractivity (Wildman–Crippen MR) is 76.9 cm³/mol. The van der Waals surface area contributed by atoms with Crippen molar-refractivity contribution in [2.75, 3.05) is 6.54 Å². The molecule has 0 aliphatic heterocycles. The number of aromatic nitrogens is 2. The van der Waals surface area contributed by atoms with E-state index in [1.54, 1.807) is 11.6 Å². The van der Waals surface area contributed by atoms with Gasteiger partial charge < -0.3 is 9.84 Å².